The van der Waals surface area contributed by atoms with E-state index in [0.29, 0.717) is 21.3 Å². The summed E-state index contributed by atoms with van der Waals surface area (Å²) < 4.78 is 19.4. The van der Waals surface area contributed by atoms with Gasteiger partial charge in [0.15, 0.2) is 0 Å². The van der Waals surface area contributed by atoms with Crippen molar-refractivity contribution in [3.63, 3.8) is 0 Å². The van der Waals surface area contributed by atoms with Crippen LogP contribution in [0.25, 0.3) is 0 Å². The van der Waals surface area contributed by atoms with E-state index in [1.807, 2.05) is 0 Å². The number of carbonyl (C=O) groups is 1. The molecule has 158 valence electrons. The Bertz CT molecular complexity index is 1120. The number of carbonyl (C=O) groups excluding carboxylic acids is 1. The third-order valence-electron chi connectivity index (χ3n) is 4.21. The number of ether oxygens (including phenoxy) is 1. The maximum Gasteiger partial charge on any atom is 0.273 e. The van der Waals surface area contributed by atoms with Crippen molar-refractivity contribution in [2.24, 2.45) is 5.10 Å². The van der Waals surface area contributed by atoms with Crippen LogP contribution in [0.1, 0.15) is 16.7 Å². The molecule has 0 aliphatic carbocycles. The van der Waals surface area contributed by atoms with Crippen LogP contribution in [0.5, 0.6) is 5.75 Å². The molecular formula is C22H17BrFN3O4. The number of nitrogens with one attached hydrogen (secondary N) is 1. The van der Waals surface area contributed by atoms with E-state index in [2.05, 4.69) is 26.5 Å². The predicted molar refractivity (Wildman–Crippen MR) is 117 cm³/mol. The molecule has 3 aromatic carbocycles. The Balaban J connectivity index is 1.55. The third-order valence-corrected chi connectivity index (χ3v) is 4.83. The number of halogens is 2. The Hall–Kier alpha value is -3.59. The fourth-order valence-electron chi connectivity index (χ4n) is 2.69. The first-order valence-electron chi connectivity index (χ1n) is 9.13. The fraction of sp³-hybridized carbons (Fsp3) is 0.0909. The van der Waals surface area contributed by atoms with E-state index in [0.717, 1.165) is 5.56 Å². The van der Waals surface area contributed by atoms with E-state index < -0.39 is 10.8 Å². The van der Waals surface area contributed by atoms with Gasteiger partial charge >= 0.3 is 0 Å². The van der Waals surface area contributed by atoms with Crippen molar-refractivity contribution in [3.05, 3.63) is 104 Å². The molecule has 0 saturated carbocycles. The molecule has 3 aromatic rings. The number of hydrazone groups is 1. The molecule has 0 aromatic heterocycles. The first-order chi connectivity index (χ1) is 14.9. The van der Waals surface area contributed by atoms with Crippen molar-refractivity contribution >= 4 is 33.7 Å². The number of para-hydroxylation sites is 1. The molecule has 0 fully saturated rings. The zero-order chi connectivity index (χ0) is 22.2. The molecule has 1 N–H and O–H groups in total. The number of benzene rings is 3. The van der Waals surface area contributed by atoms with Crippen molar-refractivity contribution in [3.8, 4) is 5.75 Å². The molecule has 1 amide bonds. The van der Waals surface area contributed by atoms with Crippen LogP contribution >= 0.6 is 15.9 Å². The lowest BCUT2D eigenvalue weighted by Gasteiger charge is -2.09. The topological polar surface area (TPSA) is 93.8 Å². The standard InChI is InChI=1S/C22H17BrFN3O4/c23-19-11-16(7-10-21(19)31-14-15-5-8-18(24)9-6-15)13-25-26-22(28)12-17-3-1-2-4-20(17)27(29)30/h1-11,13H,12,14H2,(H,26,28). The van der Waals surface area contributed by atoms with Crippen LogP contribution in [-0.4, -0.2) is 17.0 Å². The molecule has 0 spiro atoms. The highest BCUT2D eigenvalue weighted by Crippen LogP contribution is 2.26. The molecule has 0 unspecified atom stereocenters. The quantitative estimate of drug-likeness (QED) is 0.282. The van der Waals surface area contributed by atoms with E-state index in [1.165, 1.54) is 30.5 Å². The molecule has 7 nitrogen and oxygen atoms in total. The average molecular weight is 486 g/mol. The lowest BCUT2D eigenvalue weighted by molar-refractivity contribution is -0.385. The third kappa shape index (κ3) is 6.45. The van der Waals surface area contributed by atoms with Gasteiger partial charge in [-0.25, -0.2) is 9.82 Å². The minimum Gasteiger partial charge on any atom is -0.488 e. The van der Waals surface area contributed by atoms with Crippen molar-refractivity contribution in [1.29, 1.82) is 0 Å². The number of hydrogen-bond acceptors (Lipinski definition) is 5. The number of nitro benzene ring substituents is 1. The number of rotatable bonds is 8. The van der Waals surface area contributed by atoms with E-state index in [1.54, 1.807) is 42.5 Å². The van der Waals surface area contributed by atoms with E-state index >= 15 is 0 Å². The SMILES string of the molecule is O=C(Cc1ccccc1[N+](=O)[O-])NN=Cc1ccc(OCc2ccc(F)cc2)c(Br)c1. The summed E-state index contributed by atoms with van der Waals surface area (Å²) in [5.41, 5.74) is 4.10. The molecule has 0 aliphatic rings. The maximum absolute atomic E-state index is 13.0. The highest BCUT2D eigenvalue weighted by Gasteiger charge is 2.15. The summed E-state index contributed by atoms with van der Waals surface area (Å²) in [5, 5.41) is 14.9. The summed E-state index contributed by atoms with van der Waals surface area (Å²) in [5.74, 6) is -0.173. The summed E-state index contributed by atoms with van der Waals surface area (Å²) in [6.45, 7) is 0.286. The Morgan fingerprint density at radius 3 is 2.61 bits per heavy atom. The van der Waals surface area contributed by atoms with Crippen molar-refractivity contribution in [2.45, 2.75) is 13.0 Å². The predicted octanol–water partition coefficient (Wildman–Crippen LogP) is 4.77. The maximum atomic E-state index is 13.0. The molecule has 0 atom stereocenters. The average Bonchev–Trinajstić information content (AvgIpc) is 2.74. The molecule has 9 heteroatoms. The van der Waals surface area contributed by atoms with Gasteiger partial charge in [0.25, 0.3) is 5.69 Å². The molecule has 0 bridgehead atoms. The van der Waals surface area contributed by atoms with Crippen molar-refractivity contribution in [1.82, 2.24) is 5.43 Å². The van der Waals surface area contributed by atoms with E-state index in [-0.39, 0.29) is 24.5 Å². The smallest absolute Gasteiger partial charge is 0.273 e. The molecular weight excluding hydrogens is 469 g/mol. The highest BCUT2D eigenvalue weighted by atomic mass is 79.9. The van der Waals surface area contributed by atoms with Gasteiger partial charge in [-0.3, -0.25) is 14.9 Å². The largest absolute Gasteiger partial charge is 0.488 e. The van der Waals surface area contributed by atoms with Crippen molar-refractivity contribution < 1.29 is 18.8 Å². The van der Waals surface area contributed by atoms with E-state index in [4.69, 9.17) is 4.74 Å². The van der Waals surface area contributed by atoms with Gasteiger partial charge in [0, 0.05) is 11.6 Å². The number of nitro groups is 1. The summed E-state index contributed by atoms with van der Waals surface area (Å²) >= 11 is 3.42. The first-order valence-corrected chi connectivity index (χ1v) is 9.92. The van der Waals surface area contributed by atoms with E-state index in [9.17, 15) is 19.3 Å². The second kappa shape index (κ2) is 10.4. The minimum absolute atomic E-state index is 0.109. The molecule has 3 rings (SSSR count). The van der Waals surface area contributed by atoms with Crippen LogP contribution in [0.15, 0.2) is 76.3 Å². The monoisotopic (exact) mass is 485 g/mol. The highest BCUT2D eigenvalue weighted by molar-refractivity contribution is 9.10. The van der Waals surface area contributed by atoms with Crippen LogP contribution in [0.4, 0.5) is 10.1 Å². The fourth-order valence-corrected chi connectivity index (χ4v) is 3.20. The Labute approximate surface area is 185 Å². The van der Waals surface area contributed by atoms with Crippen LogP contribution in [-0.2, 0) is 17.8 Å². The van der Waals surface area contributed by atoms with Gasteiger partial charge in [0.1, 0.15) is 18.2 Å². The molecule has 31 heavy (non-hydrogen) atoms. The zero-order valence-corrected chi connectivity index (χ0v) is 17.7. The lowest BCUT2D eigenvalue weighted by Crippen LogP contribution is -2.20. The second-order valence-electron chi connectivity index (χ2n) is 6.46. The van der Waals surface area contributed by atoms with Gasteiger partial charge in [0.2, 0.25) is 5.91 Å². The molecule has 0 saturated heterocycles. The summed E-state index contributed by atoms with van der Waals surface area (Å²) in [4.78, 5) is 22.5. The summed E-state index contributed by atoms with van der Waals surface area (Å²) in [6, 6.07) is 17.4. The second-order valence-corrected chi connectivity index (χ2v) is 7.32. The van der Waals surface area contributed by atoms with Gasteiger partial charge in [-0.15, -0.1) is 0 Å². The first kappa shape index (κ1) is 22.1. The molecule has 0 heterocycles. The van der Waals surface area contributed by atoms with Crippen LogP contribution in [0.2, 0.25) is 0 Å². The summed E-state index contributed by atoms with van der Waals surface area (Å²) in [6.07, 6.45) is 1.29. The van der Waals surface area contributed by atoms with Crippen molar-refractivity contribution in [2.75, 3.05) is 0 Å². The molecule has 0 radical (unpaired) electrons. The van der Waals surface area contributed by atoms with Gasteiger partial charge < -0.3 is 4.74 Å². The van der Waals surface area contributed by atoms with Crippen LogP contribution in [0.3, 0.4) is 0 Å². The Kier molecular flexibility index (Phi) is 7.45. The van der Waals surface area contributed by atoms with Gasteiger partial charge in [0.05, 0.1) is 22.0 Å². The Morgan fingerprint density at radius 1 is 1.16 bits per heavy atom. The number of nitrogens with zero attached hydrogens (tertiary/aromatic N) is 2. The normalized spacial score (nSPS) is 10.8. The van der Waals surface area contributed by atoms with Crippen LogP contribution < -0.4 is 10.2 Å². The zero-order valence-electron chi connectivity index (χ0n) is 16.1. The molecule has 0 aliphatic heterocycles. The number of hydrogen-bond donors (Lipinski definition) is 1. The van der Waals surface area contributed by atoms with Gasteiger partial charge in [-0.2, -0.15) is 5.10 Å². The van der Waals surface area contributed by atoms with Gasteiger partial charge in [-0.1, -0.05) is 30.3 Å². The lowest BCUT2D eigenvalue weighted by atomic mass is 10.1. The van der Waals surface area contributed by atoms with Gasteiger partial charge in [-0.05, 0) is 57.4 Å². The van der Waals surface area contributed by atoms with Crippen LogP contribution in [0, 0.1) is 15.9 Å². The Morgan fingerprint density at radius 2 is 1.90 bits per heavy atom. The number of amides is 1. The minimum atomic E-state index is -0.525. The summed E-state index contributed by atoms with van der Waals surface area (Å²) in [7, 11) is 0.